The zero-order valence-corrected chi connectivity index (χ0v) is 45.9. The Bertz CT molecular complexity index is 3270. The first kappa shape index (κ1) is 55.9. The predicted molar refractivity (Wildman–Crippen MR) is 282 cm³/mol. The van der Waals surface area contributed by atoms with E-state index in [1.807, 2.05) is 64.1 Å². The first-order valence-corrected chi connectivity index (χ1v) is 27.1. The molecular weight excluding hydrogens is 1020 g/mol. The van der Waals surface area contributed by atoms with Crippen molar-refractivity contribution in [2.24, 2.45) is 0 Å². The van der Waals surface area contributed by atoms with Crippen LogP contribution in [-0.2, 0) is 40.7 Å². The number of aromatic nitrogens is 12. The Balaban J connectivity index is 0.000000221. The van der Waals surface area contributed by atoms with Gasteiger partial charge in [-0.15, -0.1) is 20.4 Å². The Kier molecular flexibility index (Phi) is 17.8. The summed E-state index contributed by atoms with van der Waals surface area (Å²) in [6.45, 7) is 10.7. The summed E-state index contributed by atoms with van der Waals surface area (Å²) in [4.78, 5) is 26.1. The fourth-order valence-corrected chi connectivity index (χ4v) is 10.9. The van der Waals surface area contributed by atoms with Gasteiger partial charge >= 0.3 is 0 Å². The largest absolute Gasteiger partial charge is 0.495 e. The molecule has 0 radical (unpaired) electrons. The fourth-order valence-electron chi connectivity index (χ4n) is 8.03. The van der Waals surface area contributed by atoms with Crippen molar-refractivity contribution in [1.29, 1.82) is 0 Å². The number of rotatable bonds is 20. The van der Waals surface area contributed by atoms with E-state index in [1.165, 1.54) is 28.4 Å². The summed E-state index contributed by atoms with van der Waals surface area (Å²) in [5.41, 5.74) is 5.69. The van der Waals surface area contributed by atoms with Gasteiger partial charge in [0, 0.05) is 51.1 Å². The molecule has 0 N–H and O–H groups in total. The molecule has 0 aliphatic rings. The topological polar surface area (TPSA) is 262 Å². The van der Waals surface area contributed by atoms with E-state index in [9.17, 15) is 16.8 Å². The molecule has 0 saturated carbocycles. The molecule has 0 amide bonds. The van der Waals surface area contributed by atoms with Crippen molar-refractivity contribution in [2.75, 3.05) is 42.7 Å². The Morgan fingerprint density at radius 3 is 1.17 bits per heavy atom. The lowest BCUT2D eigenvalue weighted by atomic mass is 10.2. The average Bonchev–Trinajstić information content (AvgIpc) is 4.04. The summed E-state index contributed by atoms with van der Waals surface area (Å²) in [5, 5.41) is 15.3. The second kappa shape index (κ2) is 24.3. The molecule has 0 spiro atoms. The summed E-state index contributed by atoms with van der Waals surface area (Å²) in [7, 11) is 1.33. The number of ether oxygens (including phenoxy) is 6. The van der Waals surface area contributed by atoms with Gasteiger partial charge in [-0.3, -0.25) is 9.13 Å². The Labute approximate surface area is 441 Å². The molecule has 4 atom stereocenters. The minimum Gasteiger partial charge on any atom is -0.495 e. The SMILES string of the molecule is COc1cccc(-c2nnc(CS(=O)(=O)[C@@H](C)[C@H](OC)c3ncc(C)cn3)n2-c2cc(C)ccc2OC)n1.COc1cccc(-c2nnc(CS(=O)(=O)[C@@H](C)[C@H](OC)c3ncc(C)cn3)n2-c2cc(C)ccc2OC)n1. The van der Waals surface area contributed by atoms with Crippen molar-refractivity contribution in [3.8, 4) is 57.7 Å². The van der Waals surface area contributed by atoms with Crippen LogP contribution in [0, 0.1) is 27.7 Å². The molecule has 6 aromatic heterocycles. The fraction of sp³-hybridized carbons (Fsp3) is 0.346. The van der Waals surface area contributed by atoms with E-state index >= 15 is 0 Å². The van der Waals surface area contributed by atoms with Gasteiger partial charge in [-0.2, -0.15) is 0 Å². The van der Waals surface area contributed by atoms with Crippen LogP contribution in [-0.4, -0.2) is 129 Å². The van der Waals surface area contributed by atoms with Crippen molar-refractivity contribution in [1.82, 2.24) is 59.4 Å². The third-order valence-corrected chi connectivity index (χ3v) is 16.3. The maximum absolute atomic E-state index is 13.7. The number of nitrogens with zero attached hydrogens (tertiary/aromatic N) is 12. The second-order valence-electron chi connectivity index (χ2n) is 17.6. The third-order valence-electron chi connectivity index (χ3n) is 12.2. The molecule has 0 unspecified atom stereocenters. The molecule has 0 aliphatic heterocycles. The van der Waals surface area contributed by atoms with Crippen LogP contribution in [0.2, 0.25) is 0 Å². The van der Waals surface area contributed by atoms with E-state index in [1.54, 1.807) is 98.4 Å². The van der Waals surface area contributed by atoms with Gasteiger partial charge < -0.3 is 28.4 Å². The summed E-state index contributed by atoms with van der Waals surface area (Å²) in [6, 6.07) is 21.7. The van der Waals surface area contributed by atoms with E-state index in [0.29, 0.717) is 57.7 Å². The maximum Gasteiger partial charge on any atom is 0.213 e. The quantitative estimate of drug-likeness (QED) is 0.0752. The number of aryl methyl sites for hydroxylation is 4. The van der Waals surface area contributed by atoms with Crippen molar-refractivity contribution in [2.45, 2.75) is 75.8 Å². The Morgan fingerprint density at radius 1 is 0.474 bits per heavy atom. The number of pyridine rings is 2. The van der Waals surface area contributed by atoms with Crippen LogP contribution < -0.4 is 18.9 Å². The van der Waals surface area contributed by atoms with Crippen molar-refractivity contribution >= 4 is 19.7 Å². The number of sulfone groups is 2. The van der Waals surface area contributed by atoms with Gasteiger partial charge in [0.2, 0.25) is 11.8 Å². The lowest BCUT2D eigenvalue weighted by Crippen LogP contribution is -2.30. The lowest BCUT2D eigenvalue weighted by molar-refractivity contribution is 0.0947. The second-order valence-corrected chi connectivity index (χ2v) is 22.3. The highest BCUT2D eigenvalue weighted by molar-refractivity contribution is 7.91. The molecule has 22 nitrogen and oxygen atoms in total. The van der Waals surface area contributed by atoms with E-state index < -0.39 is 53.9 Å². The Morgan fingerprint density at radius 2 is 0.842 bits per heavy atom. The van der Waals surface area contributed by atoms with Crippen LogP contribution >= 0.6 is 0 Å². The van der Waals surface area contributed by atoms with Crippen LogP contribution in [0.5, 0.6) is 23.3 Å². The highest BCUT2D eigenvalue weighted by Crippen LogP contribution is 2.35. The maximum atomic E-state index is 13.7. The first-order chi connectivity index (χ1) is 36.4. The van der Waals surface area contributed by atoms with Gasteiger partial charge in [-0.1, -0.05) is 24.3 Å². The van der Waals surface area contributed by atoms with Crippen LogP contribution in [0.1, 0.15) is 71.6 Å². The molecule has 76 heavy (non-hydrogen) atoms. The first-order valence-electron chi connectivity index (χ1n) is 23.6. The Hall–Kier alpha value is -7.80. The van der Waals surface area contributed by atoms with Crippen LogP contribution in [0.25, 0.3) is 34.4 Å². The minimum absolute atomic E-state index is 0.194. The van der Waals surface area contributed by atoms with Crippen molar-refractivity contribution in [3.63, 3.8) is 0 Å². The number of benzene rings is 2. The van der Waals surface area contributed by atoms with Crippen molar-refractivity contribution < 1.29 is 45.3 Å². The minimum atomic E-state index is -3.84. The molecule has 8 rings (SSSR count). The molecule has 400 valence electrons. The van der Waals surface area contributed by atoms with Crippen LogP contribution in [0.3, 0.4) is 0 Å². The number of methoxy groups -OCH3 is 6. The zero-order chi connectivity index (χ0) is 54.9. The van der Waals surface area contributed by atoms with E-state index in [-0.39, 0.29) is 23.3 Å². The highest BCUT2D eigenvalue weighted by atomic mass is 32.2. The molecule has 24 heteroatoms. The van der Waals surface area contributed by atoms with E-state index in [2.05, 4.69) is 50.3 Å². The molecule has 2 aromatic carbocycles. The van der Waals surface area contributed by atoms with Crippen LogP contribution in [0.4, 0.5) is 0 Å². The van der Waals surface area contributed by atoms with Gasteiger partial charge in [-0.25, -0.2) is 46.7 Å². The number of hydrogen-bond acceptors (Lipinski definition) is 20. The van der Waals surface area contributed by atoms with Gasteiger partial charge in [0.1, 0.15) is 46.6 Å². The van der Waals surface area contributed by atoms with Gasteiger partial charge in [0.25, 0.3) is 0 Å². The van der Waals surface area contributed by atoms with Gasteiger partial charge in [0.05, 0.1) is 50.3 Å². The number of hydrogen-bond donors (Lipinski definition) is 0. The normalized spacial score (nSPS) is 13.2. The summed E-state index contributed by atoms with van der Waals surface area (Å²) >= 11 is 0. The van der Waals surface area contributed by atoms with Gasteiger partial charge in [0.15, 0.2) is 54.6 Å². The summed E-state index contributed by atoms with van der Waals surface area (Å²) < 4.78 is 91.0. The molecule has 0 aliphatic carbocycles. The molecular formula is C52H60N12O10S2. The monoisotopic (exact) mass is 1080 g/mol. The smallest absolute Gasteiger partial charge is 0.213 e. The highest BCUT2D eigenvalue weighted by Gasteiger charge is 2.37. The van der Waals surface area contributed by atoms with Crippen molar-refractivity contribution in [3.05, 3.63) is 143 Å². The molecule has 6 heterocycles. The predicted octanol–water partition coefficient (Wildman–Crippen LogP) is 6.89. The molecule has 8 aromatic rings. The standard InChI is InChI=1S/2C26H30N6O5S/c2*1-16-10-11-21(35-4)20(12-16)32-22(30-31-26(32)19-8-7-9-23(29-19)36-5)15-38(33,34)18(3)24(37-6)25-27-13-17(2)14-28-25/h2*7-14,18,24H,15H2,1-6H3/t2*18-,24-/m00/s1. The summed E-state index contributed by atoms with van der Waals surface area (Å²) in [6.07, 6.45) is 4.77. The third kappa shape index (κ3) is 12.5. The molecule has 0 fully saturated rings. The lowest BCUT2D eigenvalue weighted by Gasteiger charge is -2.22. The van der Waals surface area contributed by atoms with E-state index in [4.69, 9.17) is 28.4 Å². The summed E-state index contributed by atoms with van der Waals surface area (Å²) in [5.74, 6) is 2.63. The van der Waals surface area contributed by atoms with E-state index in [0.717, 1.165) is 22.3 Å². The zero-order valence-electron chi connectivity index (χ0n) is 44.2. The van der Waals surface area contributed by atoms with Gasteiger partial charge in [-0.05, 0) is 100 Å². The molecule has 0 bridgehead atoms. The van der Waals surface area contributed by atoms with Crippen LogP contribution in [0.15, 0.2) is 97.6 Å². The molecule has 0 saturated heterocycles. The average molecular weight is 1080 g/mol.